The molecule has 0 bridgehead atoms. The molecule has 1 aliphatic rings. The average Bonchev–Trinajstić information content (AvgIpc) is 2.87. The molecular weight excluding hydrogens is 250 g/mol. The Kier molecular flexibility index (Phi) is 4.81. The van der Waals surface area contributed by atoms with Gasteiger partial charge in [0.05, 0.1) is 6.54 Å². The Morgan fingerprint density at radius 3 is 2.85 bits per heavy atom. The van der Waals surface area contributed by atoms with E-state index in [2.05, 4.69) is 54.9 Å². The first-order valence-corrected chi connectivity index (χ1v) is 7.83. The Bertz CT molecular complexity index is 426. The fourth-order valence-corrected chi connectivity index (χ4v) is 2.83. The van der Waals surface area contributed by atoms with Crippen LogP contribution >= 0.6 is 0 Å². The largest absolute Gasteiger partial charge is 0.311 e. The van der Waals surface area contributed by atoms with E-state index in [9.17, 15) is 0 Å². The molecule has 1 N–H and O–H groups in total. The number of piperazine rings is 1. The Hall–Kier alpha value is -0.940. The van der Waals surface area contributed by atoms with Crippen LogP contribution in [0.25, 0.3) is 0 Å². The molecule has 1 fully saturated rings. The van der Waals surface area contributed by atoms with Gasteiger partial charge >= 0.3 is 0 Å². The number of aromatic nitrogens is 3. The van der Waals surface area contributed by atoms with Crippen LogP contribution in [-0.4, -0.2) is 44.3 Å². The molecule has 1 saturated heterocycles. The van der Waals surface area contributed by atoms with Gasteiger partial charge in [0.2, 0.25) is 0 Å². The lowest BCUT2D eigenvalue weighted by molar-refractivity contribution is 0.0415. The molecule has 2 rings (SSSR count). The van der Waals surface area contributed by atoms with Crippen molar-refractivity contribution in [2.24, 2.45) is 5.92 Å². The van der Waals surface area contributed by atoms with Gasteiger partial charge in [-0.05, 0) is 26.7 Å². The van der Waals surface area contributed by atoms with E-state index >= 15 is 0 Å². The van der Waals surface area contributed by atoms with Gasteiger partial charge in [0, 0.05) is 31.2 Å². The fourth-order valence-electron chi connectivity index (χ4n) is 2.83. The van der Waals surface area contributed by atoms with Crippen LogP contribution in [0.1, 0.15) is 46.9 Å². The van der Waals surface area contributed by atoms with E-state index < -0.39 is 0 Å². The SMILES string of the molecule is CCC(C)C1CN(Cc2ncnn2CC)C(C)(C)CN1. The van der Waals surface area contributed by atoms with Crippen molar-refractivity contribution in [2.45, 2.75) is 65.7 Å². The van der Waals surface area contributed by atoms with Crippen LogP contribution in [0.15, 0.2) is 6.33 Å². The van der Waals surface area contributed by atoms with Crippen molar-refractivity contribution in [1.29, 1.82) is 0 Å². The molecule has 1 aromatic rings. The molecule has 114 valence electrons. The first kappa shape index (κ1) is 15.4. The van der Waals surface area contributed by atoms with Crippen molar-refractivity contribution in [3.05, 3.63) is 12.2 Å². The molecule has 0 amide bonds. The third-order valence-corrected chi connectivity index (χ3v) is 4.73. The summed E-state index contributed by atoms with van der Waals surface area (Å²) >= 11 is 0. The third kappa shape index (κ3) is 3.20. The van der Waals surface area contributed by atoms with Crippen LogP contribution in [0, 0.1) is 5.92 Å². The zero-order chi connectivity index (χ0) is 14.8. The van der Waals surface area contributed by atoms with E-state index in [4.69, 9.17) is 0 Å². The molecule has 0 saturated carbocycles. The molecule has 5 nitrogen and oxygen atoms in total. The molecule has 5 heteroatoms. The quantitative estimate of drug-likeness (QED) is 0.894. The van der Waals surface area contributed by atoms with Gasteiger partial charge in [0.1, 0.15) is 12.2 Å². The van der Waals surface area contributed by atoms with Crippen LogP contribution in [0.5, 0.6) is 0 Å². The second kappa shape index (κ2) is 6.22. The number of hydrogen-bond acceptors (Lipinski definition) is 4. The van der Waals surface area contributed by atoms with Crippen LogP contribution in [-0.2, 0) is 13.1 Å². The molecule has 2 heterocycles. The van der Waals surface area contributed by atoms with E-state index in [0.717, 1.165) is 32.0 Å². The van der Waals surface area contributed by atoms with Crippen LogP contribution in [0.4, 0.5) is 0 Å². The van der Waals surface area contributed by atoms with Gasteiger partial charge in [0.15, 0.2) is 0 Å². The standard InChI is InChI=1S/C15H29N5/c1-6-12(3)13-8-19(15(4,5)10-16-13)9-14-17-11-18-20(14)7-2/h11-13,16H,6-10H2,1-5H3. The Morgan fingerprint density at radius 1 is 1.45 bits per heavy atom. The van der Waals surface area contributed by atoms with Gasteiger partial charge in [-0.3, -0.25) is 4.90 Å². The Labute approximate surface area is 122 Å². The summed E-state index contributed by atoms with van der Waals surface area (Å²) in [4.78, 5) is 6.98. The minimum absolute atomic E-state index is 0.161. The first-order valence-electron chi connectivity index (χ1n) is 7.83. The summed E-state index contributed by atoms with van der Waals surface area (Å²) in [5.41, 5.74) is 0.161. The monoisotopic (exact) mass is 279 g/mol. The smallest absolute Gasteiger partial charge is 0.141 e. The summed E-state index contributed by atoms with van der Waals surface area (Å²) in [6.07, 6.45) is 2.89. The van der Waals surface area contributed by atoms with Crippen molar-refractivity contribution >= 4 is 0 Å². The second-order valence-corrected chi connectivity index (χ2v) is 6.56. The highest BCUT2D eigenvalue weighted by Gasteiger charge is 2.35. The maximum absolute atomic E-state index is 4.43. The highest BCUT2D eigenvalue weighted by Crippen LogP contribution is 2.24. The zero-order valence-electron chi connectivity index (χ0n) is 13.6. The molecule has 0 aliphatic carbocycles. The van der Waals surface area contributed by atoms with Crippen molar-refractivity contribution in [3.63, 3.8) is 0 Å². The van der Waals surface area contributed by atoms with Crippen molar-refractivity contribution in [1.82, 2.24) is 25.0 Å². The second-order valence-electron chi connectivity index (χ2n) is 6.56. The molecule has 1 aromatic heterocycles. The maximum Gasteiger partial charge on any atom is 0.141 e. The van der Waals surface area contributed by atoms with Crippen LogP contribution in [0.2, 0.25) is 0 Å². The van der Waals surface area contributed by atoms with Crippen molar-refractivity contribution < 1.29 is 0 Å². The molecule has 0 radical (unpaired) electrons. The van der Waals surface area contributed by atoms with Crippen LogP contribution in [0.3, 0.4) is 0 Å². The number of rotatable bonds is 5. The maximum atomic E-state index is 4.43. The Balaban J connectivity index is 2.10. The van der Waals surface area contributed by atoms with Gasteiger partial charge in [-0.15, -0.1) is 0 Å². The van der Waals surface area contributed by atoms with E-state index in [0.29, 0.717) is 12.0 Å². The summed E-state index contributed by atoms with van der Waals surface area (Å²) < 4.78 is 2.00. The lowest BCUT2D eigenvalue weighted by Gasteiger charge is -2.47. The summed E-state index contributed by atoms with van der Waals surface area (Å²) in [5, 5.41) is 8.00. The predicted molar refractivity (Wildman–Crippen MR) is 81.4 cm³/mol. The van der Waals surface area contributed by atoms with Crippen molar-refractivity contribution in [2.75, 3.05) is 13.1 Å². The van der Waals surface area contributed by atoms with Gasteiger partial charge in [0.25, 0.3) is 0 Å². The topological polar surface area (TPSA) is 46.0 Å². The molecular formula is C15H29N5. The van der Waals surface area contributed by atoms with Gasteiger partial charge in [-0.25, -0.2) is 9.67 Å². The average molecular weight is 279 g/mol. The number of hydrogen-bond donors (Lipinski definition) is 1. The predicted octanol–water partition coefficient (Wildman–Crippen LogP) is 1.90. The summed E-state index contributed by atoms with van der Waals surface area (Å²) in [5.74, 6) is 1.78. The van der Waals surface area contributed by atoms with Gasteiger partial charge in [-0.2, -0.15) is 5.10 Å². The molecule has 0 spiro atoms. The minimum atomic E-state index is 0.161. The first-order chi connectivity index (χ1) is 9.47. The third-order valence-electron chi connectivity index (χ3n) is 4.73. The Morgan fingerprint density at radius 2 is 2.20 bits per heavy atom. The molecule has 0 aromatic carbocycles. The summed E-state index contributed by atoms with van der Waals surface area (Å²) in [6.45, 7) is 15.2. The lowest BCUT2D eigenvalue weighted by Crippen LogP contribution is -2.63. The molecule has 2 atom stereocenters. The molecule has 20 heavy (non-hydrogen) atoms. The normalized spacial score (nSPS) is 24.8. The van der Waals surface area contributed by atoms with Crippen molar-refractivity contribution in [3.8, 4) is 0 Å². The summed E-state index contributed by atoms with van der Waals surface area (Å²) in [7, 11) is 0. The van der Waals surface area contributed by atoms with E-state index in [1.165, 1.54) is 6.42 Å². The number of nitrogens with zero attached hydrogens (tertiary/aromatic N) is 4. The minimum Gasteiger partial charge on any atom is -0.311 e. The zero-order valence-corrected chi connectivity index (χ0v) is 13.6. The highest BCUT2D eigenvalue weighted by molar-refractivity contribution is 4.97. The summed E-state index contributed by atoms with van der Waals surface area (Å²) in [6, 6.07) is 0.575. The van der Waals surface area contributed by atoms with E-state index in [1.54, 1.807) is 6.33 Å². The number of nitrogens with one attached hydrogen (secondary N) is 1. The van der Waals surface area contributed by atoms with E-state index in [1.807, 2.05) is 4.68 Å². The fraction of sp³-hybridized carbons (Fsp3) is 0.867. The van der Waals surface area contributed by atoms with Gasteiger partial charge in [-0.1, -0.05) is 20.3 Å². The highest BCUT2D eigenvalue weighted by atomic mass is 15.4. The number of aryl methyl sites for hydroxylation is 1. The van der Waals surface area contributed by atoms with Crippen LogP contribution < -0.4 is 5.32 Å². The lowest BCUT2D eigenvalue weighted by atomic mass is 9.91. The van der Waals surface area contributed by atoms with E-state index in [-0.39, 0.29) is 5.54 Å². The molecule has 2 unspecified atom stereocenters. The molecule has 1 aliphatic heterocycles. The van der Waals surface area contributed by atoms with Gasteiger partial charge < -0.3 is 5.32 Å².